The summed E-state index contributed by atoms with van der Waals surface area (Å²) in [6, 6.07) is 4.81. The predicted molar refractivity (Wildman–Crippen MR) is 66.7 cm³/mol. The Bertz CT molecular complexity index is 372. The van der Waals surface area contributed by atoms with Gasteiger partial charge in [0.2, 0.25) is 0 Å². The number of rotatable bonds is 2. The van der Waals surface area contributed by atoms with Crippen molar-refractivity contribution in [1.29, 1.82) is 0 Å². The Balaban J connectivity index is 0.00000162. The first-order valence-corrected chi connectivity index (χ1v) is 6.24. The molecule has 2 atom stereocenters. The van der Waals surface area contributed by atoms with E-state index in [1.54, 1.807) is 12.1 Å². The summed E-state index contributed by atoms with van der Waals surface area (Å²) in [5.74, 6) is -0.232. The van der Waals surface area contributed by atoms with Crippen LogP contribution >= 0.6 is 11.6 Å². The van der Waals surface area contributed by atoms with Gasteiger partial charge in [0.05, 0.1) is 12.2 Å². The maximum Gasteiger partial charge on any atom is 0.129 e. The first-order chi connectivity index (χ1) is 8.06. The molecule has 0 N–H and O–H groups in total. The summed E-state index contributed by atoms with van der Waals surface area (Å²) in [4.78, 5) is 2.18. The van der Waals surface area contributed by atoms with Crippen molar-refractivity contribution in [3.8, 4) is 0 Å². The van der Waals surface area contributed by atoms with E-state index in [4.69, 9.17) is 16.3 Å². The van der Waals surface area contributed by atoms with Crippen LogP contribution in [0.2, 0.25) is 5.02 Å². The minimum atomic E-state index is -0.232. The van der Waals surface area contributed by atoms with Crippen LogP contribution in [0.4, 0.5) is 4.39 Å². The molecule has 2 unspecified atom stereocenters. The van der Waals surface area contributed by atoms with E-state index in [9.17, 15) is 4.39 Å². The minimum Gasteiger partial charge on any atom is -1.00 e. The van der Waals surface area contributed by atoms with Gasteiger partial charge in [-0.05, 0) is 26.0 Å². The highest BCUT2D eigenvalue weighted by Crippen LogP contribution is 2.22. The number of morpholine rings is 1. The largest absolute Gasteiger partial charge is 1.00 e. The minimum absolute atomic E-state index is 0. The molecule has 1 aromatic carbocycles. The Morgan fingerprint density at radius 2 is 1.94 bits per heavy atom. The van der Waals surface area contributed by atoms with Crippen molar-refractivity contribution in [1.82, 2.24) is 4.90 Å². The van der Waals surface area contributed by atoms with Gasteiger partial charge in [-0.25, -0.2) is 4.39 Å². The zero-order chi connectivity index (χ0) is 12.4. The molecule has 1 fully saturated rings. The van der Waals surface area contributed by atoms with E-state index >= 15 is 0 Å². The third kappa shape index (κ3) is 3.82. The second-order valence-corrected chi connectivity index (χ2v) is 5.06. The number of nitrogens with zero attached hydrogens (tertiary/aromatic N) is 1. The first kappa shape index (κ1) is 15.7. The van der Waals surface area contributed by atoms with E-state index in [0.717, 1.165) is 13.1 Å². The average Bonchev–Trinajstić information content (AvgIpc) is 2.22. The Hall–Kier alpha value is -0.350. The van der Waals surface area contributed by atoms with Crippen molar-refractivity contribution in [2.24, 2.45) is 0 Å². The monoisotopic (exact) mass is 292 g/mol. The van der Waals surface area contributed by atoms with Crippen LogP contribution in [-0.2, 0) is 11.3 Å². The molecule has 0 aliphatic carbocycles. The van der Waals surface area contributed by atoms with Gasteiger partial charge in [0.25, 0.3) is 0 Å². The molecule has 1 saturated heterocycles. The van der Waals surface area contributed by atoms with Gasteiger partial charge in [0.1, 0.15) is 5.82 Å². The van der Waals surface area contributed by atoms with Gasteiger partial charge in [-0.2, -0.15) is 0 Å². The third-order valence-electron chi connectivity index (χ3n) is 2.94. The number of benzene rings is 1. The second-order valence-electron chi connectivity index (χ2n) is 4.65. The lowest BCUT2D eigenvalue weighted by atomic mass is 10.1. The normalized spacial score (nSPS) is 24.7. The fraction of sp³-hybridized carbons (Fsp3) is 0.538. The molecule has 0 bridgehead atoms. The molecule has 1 aliphatic rings. The molecule has 1 aromatic rings. The molecule has 102 valence electrons. The Morgan fingerprint density at radius 3 is 2.50 bits per heavy atom. The van der Waals surface area contributed by atoms with Crippen molar-refractivity contribution < 1.29 is 21.5 Å². The van der Waals surface area contributed by atoms with Gasteiger partial charge in [-0.15, -0.1) is 0 Å². The summed E-state index contributed by atoms with van der Waals surface area (Å²) >= 11 is 6.02. The zero-order valence-corrected chi connectivity index (χ0v) is 12.0. The summed E-state index contributed by atoms with van der Waals surface area (Å²) in [6.45, 7) is 6.24. The lowest BCUT2D eigenvalue weighted by Crippen LogP contribution is -3.00. The number of halogens is 3. The highest BCUT2D eigenvalue weighted by Gasteiger charge is 2.23. The molecule has 18 heavy (non-hydrogen) atoms. The predicted octanol–water partition coefficient (Wildman–Crippen LogP) is 0.0923. The van der Waals surface area contributed by atoms with Crippen molar-refractivity contribution in [2.75, 3.05) is 13.1 Å². The van der Waals surface area contributed by atoms with Crippen molar-refractivity contribution in [3.63, 3.8) is 0 Å². The SMILES string of the molecule is CC1CN(Cc2c(F)cccc2Cl)CC(C)O1.[Cl-]. The van der Waals surface area contributed by atoms with Gasteiger partial charge < -0.3 is 17.1 Å². The van der Waals surface area contributed by atoms with Gasteiger partial charge in [-0.1, -0.05) is 17.7 Å². The van der Waals surface area contributed by atoms with Gasteiger partial charge >= 0.3 is 0 Å². The Kier molecular flexibility index (Phi) is 5.86. The molecule has 0 amide bonds. The molecule has 0 aromatic heterocycles. The van der Waals surface area contributed by atoms with Crippen LogP contribution in [0.15, 0.2) is 18.2 Å². The fourth-order valence-electron chi connectivity index (χ4n) is 2.32. The van der Waals surface area contributed by atoms with Crippen LogP contribution in [0.1, 0.15) is 19.4 Å². The molecular weight excluding hydrogens is 276 g/mol. The summed E-state index contributed by atoms with van der Waals surface area (Å²) in [5.41, 5.74) is 0.579. The molecule has 0 radical (unpaired) electrons. The van der Waals surface area contributed by atoms with Gasteiger partial charge in [0.15, 0.2) is 0 Å². The quantitative estimate of drug-likeness (QED) is 0.766. The summed E-state index contributed by atoms with van der Waals surface area (Å²) in [5, 5.41) is 0.497. The van der Waals surface area contributed by atoms with E-state index in [1.807, 2.05) is 13.8 Å². The molecule has 2 nitrogen and oxygen atoms in total. The second kappa shape index (κ2) is 6.71. The van der Waals surface area contributed by atoms with E-state index in [-0.39, 0.29) is 30.4 Å². The van der Waals surface area contributed by atoms with Crippen LogP contribution in [0, 0.1) is 5.82 Å². The number of hydrogen-bond donors (Lipinski definition) is 0. The van der Waals surface area contributed by atoms with Crippen molar-refractivity contribution in [2.45, 2.75) is 32.6 Å². The van der Waals surface area contributed by atoms with Crippen LogP contribution in [0.5, 0.6) is 0 Å². The molecule has 0 spiro atoms. The van der Waals surface area contributed by atoms with Crippen LogP contribution in [0.25, 0.3) is 0 Å². The lowest BCUT2D eigenvalue weighted by Gasteiger charge is -2.35. The van der Waals surface area contributed by atoms with Gasteiger partial charge in [0, 0.05) is 30.2 Å². The Morgan fingerprint density at radius 1 is 1.33 bits per heavy atom. The molecule has 2 rings (SSSR count). The number of ether oxygens (including phenoxy) is 1. The molecule has 1 heterocycles. The third-order valence-corrected chi connectivity index (χ3v) is 3.29. The zero-order valence-electron chi connectivity index (χ0n) is 10.5. The van der Waals surface area contributed by atoms with Crippen molar-refractivity contribution >= 4 is 11.6 Å². The van der Waals surface area contributed by atoms with Crippen molar-refractivity contribution in [3.05, 3.63) is 34.6 Å². The van der Waals surface area contributed by atoms with Crippen LogP contribution in [0.3, 0.4) is 0 Å². The molecular formula is C13H17Cl2FNO-. The molecule has 1 aliphatic heterocycles. The van der Waals surface area contributed by atoms with E-state index in [1.165, 1.54) is 6.07 Å². The summed E-state index contributed by atoms with van der Waals surface area (Å²) < 4.78 is 19.3. The van der Waals surface area contributed by atoms with E-state index in [0.29, 0.717) is 17.1 Å². The highest BCUT2D eigenvalue weighted by atomic mass is 35.5. The standard InChI is InChI=1S/C13H17ClFNO.ClH/c1-9-6-16(7-10(2)17-9)8-11-12(14)4-3-5-13(11)15;/h3-5,9-10H,6-8H2,1-2H3;1H/p-1. The lowest BCUT2D eigenvalue weighted by molar-refractivity contribution is -0.0707. The molecule has 5 heteroatoms. The maximum absolute atomic E-state index is 13.7. The van der Waals surface area contributed by atoms with Gasteiger partial charge in [-0.3, -0.25) is 4.90 Å². The average molecular weight is 293 g/mol. The topological polar surface area (TPSA) is 12.5 Å². The smallest absolute Gasteiger partial charge is 0.129 e. The van der Waals surface area contributed by atoms with E-state index in [2.05, 4.69) is 4.90 Å². The fourth-order valence-corrected chi connectivity index (χ4v) is 2.54. The first-order valence-electron chi connectivity index (χ1n) is 5.87. The van der Waals surface area contributed by atoms with Crippen LogP contribution < -0.4 is 12.4 Å². The highest BCUT2D eigenvalue weighted by molar-refractivity contribution is 6.31. The summed E-state index contributed by atoms with van der Waals surface area (Å²) in [7, 11) is 0. The Labute approximate surface area is 118 Å². The van der Waals surface area contributed by atoms with Crippen LogP contribution in [-0.4, -0.2) is 30.2 Å². The number of hydrogen-bond acceptors (Lipinski definition) is 2. The molecule has 0 saturated carbocycles. The summed E-state index contributed by atoms with van der Waals surface area (Å²) in [6.07, 6.45) is 0.369. The maximum atomic E-state index is 13.7. The van der Waals surface area contributed by atoms with E-state index < -0.39 is 0 Å².